The van der Waals surface area contributed by atoms with Crippen molar-refractivity contribution in [3.05, 3.63) is 80.9 Å². The number of carboxylic acids is 1. The molecule has 0 spiro atoms. The SMILES string of the molecule is CCc1cc(=O)n2cc(NC(C)(C)C(=O)O)ccc2n1.CCc1cc(=O)n2cc(NC(C)(C)C(=O)OC)ccc2n1. The Morgan fingerprint density at radius 2 is 1.22 bits per heavy atom. The lowest BCUT2D eigenvalue weighted by Gasteiger charge is -2.24. The number of nitrogens with zero attached hydrogens (tertiary/aromatic N) is 4. The fourth-order valence-corrected chi connectivity index (χ4v) is 3.90. The maximum Gasteiger partial charge on any atom is 0.330 e. The molecule has 12 nitrogen and oxygen atoms in total. The van der Waals surface area contributed by atoms with Crippen molar-refractivity contribution in [1.29, 1.82) is 0 Å². The number of hydrogen-bond acceptors (Lipinski definition) is 9. The maximum atomic E-state index is 12.1. The van der Waals surface area contributed by atoms with Gasteiger partial charge in [-0.15, -0.1) is 0 Å². The van der Waals surface area contributed by atoms with Crippen LogP contribution in [0.4, 0.5) is 11.4 Å². The van der Waals surface area contributed by atoms with Gasteiger partial charge in [0.15, 0.2) is 0 Å². The van der Waals surface area contributed by atoms with Crippen molar-refractivity contribution >= 4 is 34.6 Å². The zero-order chi connectivity index (χ0) is 30.5. The van der Waals surface area contributed by atoms with Crippen LogP contribution in [0.5, 0.6) is 0 Å². The lowest BCUT2D eigenvalue weighted by Crippen LogP contribution is -2.41. The molecule has 0 amide bonds. The van der Waals surface area contributed by atoms with Crippen LogP contribution in [0.1, 0.15) is 52.9 Å². The Balaban J connectivity index is 0.000000226. The van der Waals surface area contributed by atoms with E-state index in [1.807, 2.05) is 13.8 Å². The van der Waals surface area contributed by atoms with Crippen molar-refractivity contribution in [3.63, 3.8) is 0 Å². The maximum absolute atomic E-state index is 12.1. The first kappa shape index (κ1) is 30.8. The predicted molar refractivity (Wildman–Crippen MR) is 157 cm³/mol. The van der Waals surface area contributed by atoms with Gasteiger partial charge in [0.05, 0.1) is 18.5 Å². The van der Waals surface area contributed by atoms with Crippen LogP contribution in [0.15, 0.2) is 58.4 Å². The molecule has 0 saturated heterocycles. The van der Waals surface area contributed by atoms with Gasteiger partial charge in [-0.1, -0.05) is 13.8 Å². The highest BCUT2D eigenvalue weighted by molar-refractivity contribution is 5.83. The molecule has 218 valence electrons. The molecule has 41 heavy (non-hydrogen) atoms. The second kappa shape index (κ2) is 12.2. The first-order chi connectivity index (χ1) is 19.2. The lowest BCUT2D eigenvalue weighted by atomic mass is 10.1. The minimum Gasteiger partial charge on any atom is -0.480 e. The molecule has 0 fully saturated rings. The number of esters is 1. The van der Waals surface area contributed by atoms with Gasteiger partial charge in [-0.05, 0) is 64.8 Å². The van der Waals surface area contributed by atoms with Gasteiger partial charge in [-0.25, -0.2) is 19.6 Å². The number of carbonyl (C=O) groups is 2. The molecule has 0 aliphatic carbocycles. The summed E-state index contributed by atoms with van der Waals surface area (Å²) in [6.07, 6.45) is 4.60. The fourth-order valence-electron chi connectivity index (χ4n) is 3.90. The molecule has 3 N–H and O–H groups in total. The van der Waals surface area contributed by atoms with Crippen molar-refractivity contribution in [2.45, 2.75) is 65.5 Å². The van der Waals surface area contributed by atoms with E-state index in [4.69, 9.17) is 9.84 Å². The van der Waals surface area contributed by atoms with Crippen LogP contribution in [-0.2, 0) is 27.2 Å². The molecule has 0 aromatic carbocycles. The molecule has 0 aliphatic heterocycles. The number of aromatic nitrogens is 4. The highest BCUT2D eigenvalue weighted by atomic mass is 16.5. The Labute approximate surface area is 237 Å². The molecule has 12 heteroatoms. The summed E-state index contributed by atoms with van der Waals surface area (Å²) in [6.45, 7) is 10.4. The van der Waals surface area contributed by atoms with E-state index in [-0.39, 0.29) is 17.1 Å². The minimum atomic E-state index is -1.12. The first-order valence-corrected chi connectivity index (χ1v) is 13.1. The van der Waals surface area contributed by atoms with Gasteiger partial charge in [-0.2, -0.15) is 0 Å². The van der Waals surface area contributed by atoms with Gasteiger partial charge in [-0.3, -0.25) is 18.4 Å². The number of aryl methyl sites for hydroxylation is 2. The zero-order valence-electron chi connectivity index (χ0n) is 24.3. The van der Waals surface area contributed by atoms with Crippen LogP contribution in [0.2, 0.25) is 0 Å². The van der Waals surface area contributed by atoms with Crippen LogP contribution in [0.3, 0.4) is 0 Å². The second-order valence-electron chi connectivity index (χ2n) is 10.5. The van der Waals surface area contributed by atoms with Gasteiger partial charge in [0, 0.05) is 35.9 Å². The summed E-state index contributed by atoms with van der Waals surface area (Å²) < 4.78 is 7.60. The summed E-state index contributed by atoms with van der Waals surface area (Å²) in [6, 6.07) is 9.94. The van der Waals surface area contributed by atoms with Gasteiger partial charge in [0.1, 0.15) is 22.4 Å². The Morgan fingerprint density at radius 1 is 0.805 bits per heavy atom. The number of methoxy groups -OCH3 is 1. The number of nitrogens with one attached hydrogen (secondary N) is 2. The quantitative estimate of drug-likeness (QED) is 0.272. The Kier molecular flexibility index (Phi) is 9.16. The number of fused-ring (bicyclic) bond motifs is 2. The van der Waals surface area contributed by atoms with Crippen LogP contribution < -0.4 is 21.8 Å². The van der Waals surface area contributed by atoms with E-state index >= 15 is 0 Å². The number of pyridine rings is 2. The Bertz CT molecular complexity index is 1710. The predicted octanol–water partition coefficient (Wildman–Crippen LogP) is 3.15. The lowest BCUT2D eigenvalue weighted by molar-refractivity contribution is -0.144. The third-order valence-electron chi connectivity index (χ3n) is 6.29. The normalized spacial score (nSPS) is 11.5. The summed E-state index contributed by atoms with van der Waals surface area (Å²) in [5.74, 6) is -1.35. The van der Waals surface area contributed by atoms with Crippen molar-refractivity contribution in [3.8, 4) is 0 Å². The molecule has 4 rings (SSSR count). The largest absolute Gasteiger partial charge is 0.480 e. The van der Waals surface area contributed by atoms with Crippen LogP contribution in [0.25, 0.3) is 11.3 Å². The summed E-state index contributed by atoms with van der Waals surface area (Å²) in [7, 11) is 1.34. The average molecular weight is 565 g/mol. The molecular formula is C29H36N6O6. The topological polar surface area (TPSA) is 156 Å². The van der Waals surface area contributed by atoms with Crippen LogP contribution >= 0.6 is 0 Å². The van der Waals surface area contributed by atoms with E-state index < -0.39 is 17.0 Å². The number of hydrogen-bond donors (Lipinski definition) is 3. The first-order valence-electron chi connectivity index (χ1n) is 13.1. The number of ether oxygens (including phenoxy) is 1. The molecule has 4 aromatic heterocycles. The van der Waals surface area contributed by atoms with Gasteiger partial charge in [0.25, 0.3) is 11.1 Å². The standard InChI is InChI=1S/C15H19N3O3.C14H17N3O3/c1-5-10-8-13(19)18-9-11(6-7-12(18)16-10)17-15(2,3)14(20)21-4;1-4-9-7-12(18)17-8-10(5-6-11(17)15-9)16-14(2,3)13(19)20/h6-9,17H,5H2,1-4H3;5-8,16H,4H2,1-3H3,(H,19,20). The number of carboxylic acid groups (broad SMARTS) is 1. The van der Waals surface area contributed by atoms with E-state index in [0.717, 1.165) is 11.4 Å². The minimum absolute atomic E-state index is 0.142. The highest BCUT2D eigenvalue weighted by Crippen LogP contribution is 2.17. The summed E-state index contributed by atoms with van der Waals surface area (Å²) in [5.41, 5.74) is 1.51. The second-order valence-corrected chi connectivity index (χ2v) is 10.5. The molecule has 0 atom stereocenters. The van der Waals surface area contributed by atoms with E-state index in [1.54, 1.807) is 64.4 Å². The van der Waals surface area contributed by atoms with Crippen LogP contribution in [-0.4, -0.2) is 54.0 Å². The van der Waals surface area contributed by atoms with Gasteiger partial charge in [0.2, 0.25) is 0 Å². The third-order valence-corrected chi connectivity index (χ3v) is 6.29. The van der Waals surface area contributed by atoms with Gasteiger partial charge >= 0.3 is 11.9 Å². The molecule has 0 radical (unpaired) electrons. The third kappa shape index (κ3) is 7.27. The summed E-state index contributed by atoms with van der Waals surface area (Å²) in [4.78, 5) is 55.6. The number of carbonyl (C=O) groups excluding carboxylic acids is 1. The Morgan fingerprint density at radius 3 is 1.59 bits per heavy atom. The summed E-state index contributed by atoms with van der Waals surface area (Å²) >= 11 is 0. The molecule has 4 aromatic rings. The van der Waals surface area contributed by atoms with Crippen molar-refractivity contribution in [2.75, 3.05) is 17.7 Å². The zero-order valence-corrected chi connectivity index (χ0v) is 24.3. The monoisotopic (exact) mass is 564 g/mol. The molecule has 0 bridgehead atoms. The van der Waals surface area contributed by atoms with Crippen molar-refractivity contribution < 1.29 is 19.4 Å². The van der Waals surface area contributed by atoms with E-state index in [0.29, 0.717) is 35.5 Å². The fraction of sp³-hybridized carbons (Fsp3) is 0.379. The Hall–Kier alpha value is -4.74. The van der Waals surface area contributed by atoms with Crippen molar-refractivity contribution in [2.24, 2.45) is 0 Å². The van der Waals surface area contributed by atoms with Gasteiger partial charge < -0.3 is 20.5 Å². The summed E-state index contributed by atoms with van der Waals surface area (Å²) in [5, 5.41) is 15.0. The molecule has 0 aliphatic rings. The van der Waals surface area contributed by atoms with Crippen LogP contribution in [0, 0.1) is 0 Å². The number of anilines is 2. The van der Waals surface area contributed by atoms with E-state index in [9.17, 15) is 19.2 Å². The molecule has 4 heterocycles. The average Bonchev–Trinajstić information content (AvgIpc) is 2.92. The number of rotatable bonds is 8. The van der Waals surface area contributed by atoms with Crippen molar-refractivity contribution in [1.82, 2.24) is 18.8 Å². The van der Waals surface area contributed by atoms with E-state index in [2.05, 4.69) is 20.6 Å². The molecule has 0 unspecified atom stereocenters. The molecular weight excluding hydrogens is 528 g/mol. The molecule has 0 saturated carbocycles. The highest BCUT2D eigenvalue weighted by Gasteiger charge is 2.28. The smallest absolute Gasteiger partial charge is 0.330 e. The van der Waals surface area contributed by atoms with E-state index in [1.165, 1.54) is 28.0 Å². The number of aliphatic carboxylic acids is 1.